The van der Waals surface area contributed by atoms with Crippen LogP contribution in [-0.4, -0.2) is 16.6 Å². The Morgan fingerprint density at radius 1 is 1.42 bits per heavy atom. The lowest BCUT2D eigenvalue weighted by Gasteiger charge is -2.28. The molecule has 0 amide bonds. The molecule has 0 unspecified atom stereocenters. The van der Waals surface area contributed by atoms with Crippen LogP contribution in [-0.2, 0) is 16.1 Å². The van der Waals surface area contributed by atoms with Crippen LogP contribution >= 0.6 is 0 Å². The van der Waals surface area contributed by atoms with Gasteiger partial charge in [0.25, 0.3) is 0 Å². The number of nitrogens with zero attached hydrogens (tertiary/aromatic N) is 2. The molecule has 0 radical (unpaired) electrons. The van der Waals surface area contributed by atoms with Gasteiger partial charge in [0.05, 0.1) is 6.54 Å². The molecule has 0 bridgehead atoms. The molecule has 0 aromatic carbocycles. The first-order valence-electron chi connectivity index (χ1n) is 7.44. The van der Waals surface area contributed by atoms with Gasteiger partial charge in [0.15, 0.2) is 0 Å². The van der Waals surface area contributed by atoms with Crippen molar-refractivity contribution in [3.05, 3.63) is 18.7 Å². The second kappa shape index (κ2) is 6.73. The molecule has 0 saturated heterocycles. The van der Waals surface area contributed by atoms with Gasteiger partial charge < -0.3 is 4.74 Å². The highest BCUT2D eigenvalue weighted by molar-refractivity contribution is 5.66. The quantitative estimate of drug-likeness (QED) is 0.606. The maximum Gasteiger partial charge on any atom is 0.303 e. The summed E-state index contributed by atoms with van der Waals surface area (Å²) in [4.78, 5) is 11.2. The molecule has 0 spiro atoms. The molecular weight excluding hydrogens is 240 g/mol. The molecule has 106 valence electrons. The summed E-state index contributed by atoms with van der Waals surface area (Å²) in [5, 5.41) is 0. The highest BCUT2D eigenvalue weighted by atomic mass is 16.5. The second-order valence-electron chi connectivity index (χ2n) is 5.45. The molecule has 1 saturated carbocycles. The third-order valence-corrected chi connectivity index (χ3v) is 3.85. The van der Waals surface area contributed by atoms with Gasteiger partial charge in [-0.1, -0.05) is 13.3 Å². The summed E-state index contributed by atoms with van der Waals surface area (Å²) in [6.07, 6.45) is 13.3. The van der Waals surface area contributed by atoms with Gasteiger partial charge >= 0.3 is 5.97 Å². The van der Waals surface area contributed by atoms with E-state index in [1.165, 1.54) is 26.2 Å². The minimum atomic E-state index is -0.164. The third kappa shape index (κ3) is 3.82. The smallest absolute Gasteiger partial charge is 0.303 e. The van der Waals surface area contributed by atoms with Crippen LogP contribution in [0.1, 0.15) is 58.4 Å². The number of rotatable bonds is 5. The van der Waals surface area contributed by atoms with Gasteiger partial charge in [-0.15, -0.1) is 0 Å². The maximum atomic E-state index is 11.2. The normalized spacial score (nSPS) is 23.3. The standard InChI is InChI=1S/C15H25N2O2/c1-3-4-9-16-10-11-17(12-16)14-7-5-6-8-15(14)19-13(2)18/h10-12,14-15H,3-9H2,1-2H3/q+1/t14-,15-/m0/s1. The summed E-state index contributed by atoms with van der Waals surface area (Å²) in [7, 11) is 0. The zero-order valence-electron chi connectivity index (χ0n) is 12.0. The van der Waals surface area contributed by atoms with Gasteiger partial charge in [-0.3, -0.25) is 4.79 Å². The molecule has 2 atom stereocenters. The van der Waals surface area contributed by atoms with Crippen molar-refractivity contribution >= 4 is 5.97 Å². The number of carbonyl (C=O) groups excluding carboxylic acids is 1. The minimum Gasteiger partial charge on any atom is -0.458 e. The van der Waals surface area contributed by atoms with E-state index >= 15 is 0 Å². The van der Waals surface area contributed by atoms with E-state index in [9.17, 15) is 4.79 Å². The molecule has 1 aromatic rings. The molecule has 0 aliphatic heterocycles. The van der Waals surface area contributed by atoms with Crippen LogP contribution in [0.5, 0.6) is 0 Å². The lowest BCUT2D eigenvalue weighted by atomic mass is 9.92. The molecule has 1 aliphatic rings. The lowest BCUT2D eigenvalue weighted by Crippen LogP contribution is -2.34. The van der Waals surface area contributed by atoms with Gasteiger partial charge in [-0.05, 0) is 32.1 Å². The van der Waals surface area contributed by atoms with Gasteiger partial charge in [-0.2, -0.15) is 0 Å². The molecule has 19 heavy (non-hydrogen) atoms. The molecule has 1 heterocycles. The van der Waals surface area contributed by atoms with E-state index in [1.54, 1.807) is 0 Å². The number of hydrogen-bond donors (Lipinski definition) is 0. The van der Waals surface area contributed by atoms with Crippen molar-refractivity contribution in [3.63, 3.8) is 0 Å². The van der Waals surface area contributed by atoms with Crippen molar-refractivity contribution < 1.29 is 14.1 Å². The maximum absolute atomic E-state index is 11.2. The predicted octanol–water partition coefficient (Wildman–Crippen LogP) is 2.62. The fraction of sp³-hybridized carbons (Fsp3) is 0.733. The van der Waals surface area contributed by atoms with Crippen LogP contribution in [0, 0.1) is 0 Å². The number of aromatic nitrogens is 2. The van der Waals surface area contributed by atoms with Gasteiger partial charge in [-0.25, -0.2) is 9.13 Å². The van der Waals surface area contributed by atoms with Crippen molar-refractivity contribution in [2.45, 2.75) is 71.1 Å². The number of aryl methyl sites for hydroxylation is 1. The highest BCUT2D eigenvalue weighted by Gasteiger charge is 2.32. The third-order valence-electron chi connectivity index (χ3n) is 3.85. The Balaban J connectivity index is 2.04. The van der Waals surface area contributed by atoms with E-state index in [0.717, 1.165) is 25.8 Å². The number of imidazole rings is 1. The molecule has 1 aliphatic carbocycles. The van der Waals surface area contributed by atoms with Gasteiger partial charge in [0, 0.05) is 6.92 Å². The van der Waals surface area contributed by atoms with Crippen molar-refractivity contribution in [3.8, 4) is 0 Å². The summed E-state index contributed by atoms with van der Waals surface area (Å²) >= 11 is 0. The van der Waals surface area contributed by atoms with Crippen LogP contribution in [0.2, 0.25) is 0 Å². The number of unbranched alkanes of at least 4 members (excludes halogenated alkanes) is 1. The summed E-state index contributed by atoms with van der Waals surface area (Å²) in [5.41, 5.74) is 0. The zero-order chi connectivity index (χ0) is 13.7. The molecule has 4 nitrogen and oxygen atoms in total. The molecular formula is C15H25N2O2+. The molecule has 1 fully saturated rings. The summed E-state index contributed by atoms with van der Waals surface area (Å²) in [6.45, 7) is 4.77. The Morgan fingerprint density at radius 3 is 2.95 bits per heavy atom. The zero-order valence-corrected chi connectivity index (χ0v) is 12.0. The Bertz CT molecular complexity index is 414. The molecule has 1 aromatic heterocycles. The van der Waals surface area contributed by atoms with Crippen LogP contribution in [0.3, 0.4) is 0 Å². The van der Waals surface area contributed by atoms with Crippen LogP contribution in [0.15, 0.2) is 18.7 Å². The SMILES string of the molecule is CCCC[n+]1ccn([C@H]2CCCC[C@@H]2OC(C)=O)c1. The Hall–Kier alpha value is -1.32. The molecule has 0 N–H and O–H groups in total. The number of esters is 1. The van der Waals surface area contributed by atoms with E-state index in [2.05, 4.69) is 34.8 Å². The average molecular weight is 265 g/mol. The Morgan fingerprint density at radius 2 is 2.21 bits per heavy atom. The first-order valence-corrected chi connectivity index (χ1v) is 7.44. The lowest BCUT2D eigenvalue weighted by molar-refractivity contribution is -0.697. The largest absolute Gasteiger partial charge is 0.458 e. The number of carbonyl (C=O) groups is 1. The van der Waals surface area contributed by atoms with Crippen LogP contribution in [0.25, 0.3) is 0 Å². The fourth-order valence-corrected chi connectivity index (χ4v) is 2.85. The molecule has 4 heteroatoms. The Labute approximate surface area is 115 Å². The first kappa shape index (κ1) is 14.1. The van der Waals surface area contributed by atoms with Crippen molar-refractivity contribution in [1.29, 1.82) is 0 Å². The van der Waals surface area contributed by atoms with E-state index < -0.39 is 0 Å². The highest BCUT2D eigenvalue weighted by Crippen LogP contribution is 2.30. The minimum absolute atomic E-state index is 0.0401. The van der Waals surface area contributed by atoms with Crippen molar-refractivity contribution in [2.75, 3.05) is 0 Å². The summed E-state index contributed by atoms with van der Waals surface area (Å²) < 4.78 is 9.93. The van der Waals surface area contributed by atoms with E-state index in [-0.39, 0.29) is 12.1 Å². The monoisotopic (exact) mass is 265 g/mol. The van der Waals surface area contributed by atoms with Crippen molar-refractivity contribution in [2.24, 2.45) is 0 Å². The molecule has 2 rings (SSSR count). The topological polar surface area (TPSA) is 35.1 Å². The second-order valence-corrected chi connectivity index (χ2v) is 5.45. The van der Waals surface area contributed by atoms with Crippen molar-refractivity contribution in [1.82, 2.24) is 4.57 Å². The van der Waals surface area contributed by atoms with E-state index in [0.29, 0.717) is 6.04 Å². The van der Waals surface area contributed by atoms with E-state index in [4.69, 9.17) is 4.74 Å². The first-order chi connectivity index (χ1) is 9.20. The predicted molar refractivity (Wildman–Crippen MR) is 72.6 cm³/mol. The van der Waals surface area contributed by atoms with Gasteiger partial charge in [0.1, 0.15) is 24.5 Å². The van der Waals surface area contributed by atoms with Crippen LogP contribution < -0.4 is 4.57 Å². The Kier molecular flexibility index (Phi) is 5.00. The summed E-state index contributed by atoms with van der Waals surface area (Å²) in [6, 6.07) is 0.306. The average Bonchev–Trinajstić information content (AvgIpc) is 2.85. The van der Waals surface area contributed by atoms with Gasteiger partial charge in [0.2, 0.25) is 6.33 Å². The van der Waals surface area contributed by atoms with Crippen LogP contribution in [0.4, 0.5) is 0 Å². The van der Waals surface area contributed by atoms with E-state index in [1.807, 2.05) is 0 Å². The fourth-order valence-electron chi connectivity index (χ4n) is 2.85. The summed E-state index contributed by atoms with van der Waals surface area (Å²) in [5.74, 6) is -0.164. The number of ether oxygens (including phenoxy) is 1. The number of hydrogen-bond acceptors (Lipinski definition) is 2.